The number of phenols is 1. The number of benzene rings is 3. The second-order valence-corrected chi connectivity index (χ2v) is 8.09. The minimum atomic E-state index is -0.997. The Balaban J connectivity index is 1.78. The highest BCUT2D eigenvalue weighted by Gasteiger charge is 2.40. The fourth-order valence-corrected chi connectivity index (χ4v) is 4.82. The van der Waals surface area contributed by atoms with Gasteiger partial charge in [-0.1, -0.05) is 53.6 Å². The van der Waals surface area contributed by atoms with Crippen molar-refractivity contribution in [2.24, 2.45) is 5.11 Å². The topological polar surface area (TPSA) is 133 Å². The maximum atomic E-state index is 13.4. The van der Waals surface area contributed by atoms with E-state index in [0.29, 0.717) is 21.9 Å². The maximum Gasteiger partial charge on any atom is 0.198 e. The molecule has 8 heteroatoms. The summed E-state index contributed by atoms with van der Waals surface area (Å²) in [5.41, 5.74) is 9.90. The molecule has 0 saturated carbocycles. The van der Waals surface area contributed by atoms with Crippen LogP contribution in [0.25, 0.3) is 21.2 Å². The first-order valence-electron chi connectivity index (χ1n) is 10.3. The summed E-state index contributed by atoms with van der Waals surface area (Å²) in [4.78, 5) is 29.6. The number of aliphatic hydroxyl groups excluding tert-OH is 1. The average Bonchev–Trinajstić information content (AvgIpc) is 2.80. The van der Waals surface area contributed by atoms with Gasteiger partial charge in [0.2, 0.25) is 0 Å². The van der Waals surface area contributed by atoms with Gasteiger partial charge in [0.25, 0.3) is 0 Å². The Kier molecular flexibility index (Phi) is 4.71. The van der Waals surface area contributed by atoms with Gasteiger partial charge in [0.15, 0.2) is 11.6 Å². The molecule has 0 aromatic heterocycles. The summed E-state index contributed by atoms with van der Waals surface area (Å²) < 4.78 is 5.98. The van der Waals surface area contributed by atoms with E-state index in [2.05, 4.69) is 10.0 Å². The van der Waals surface area contributed by atoms with Crippen LogP contribution in [0.1, 0.15) is 56.9 Å². The van der Waals surface area contributed by atoms with E-state index in [1.54, 1.807) is 55.5 Å². The number of azide groups is 1. The highest BCUT2D eigenvalue weighted by molar-refractivity contribution is 6.33. The van der Waals surface area contributed by atoms with E-state index in [1.165, 1.54) is 0 Å². The molecule has 1 heterocycles. The summed E-state index contributed by atoms with van der Waals surface area (Å²) in [5, 5.41) is 26.5. The molecule has 0 radical (unpaired) electrons. The predicted octanol–water partition coefficient (Wildman–Crippen LogP) is 4.21. The Hall–Kier alpha value is -3.71. The van der Waals surface area contributed by atoms with Gasteiger partial charge >= 0.3 is 0 Å². The number of aromatic hydroxyl groups is 1. The van der Waals surface area contributed by atoms with Crippen molar-refractivity contribution in [3.05, 3.63) is 86.8 Å². The number of carbonyl (C=O) groups excluding carboxylic acids is 2. The van der Waals surface area contributed by atoms with Crippen LogP contribution in [-0.2, 0) is 4.74 Å². The number of nitrogens with zero attached hydrogens (tertiary/aromatic N) is 3. The number of aliphatic hydroxyl groups is 1. The number of ether oxygens (including phenoxy) is 1. The van der Waals surface area contributed by atoms with Gasteiger partial charge in [0, 0.05) is 27.2 Å². The van der Waals surface area contributed by atoms with Gasteiger partial charge in [0.05, 0.1) is 29.9 Å². The highest BCUT2D eigenvalue weighted by atomic mass is 16.5. The van der Waals surface area contributed by atoms with Crippen molar-refractivity contribution in [3.63, 3.8) is 0 Å². The van der Waals surface area contributed by atoms with Crippen molar-refractivity contribution in [2.75, 3.05) is 0 Å². The molecule has 1 aliphatic carbocycles. The third-order valence-electron chi connectivity index (χ3n) is 6.33. The molecule has 1 saturated heterocycles. The molecule has 0 amide bonds. The SMILES string of the molecule is C[C@H]1O[C@@H](c2c(O)c3c(c4ccccc24)C(=O)c2ccccc2C3=O)C[C@@H](N=[N+]=[N-])[C@@H]1O. The molecular formula is C24H19N3O5. The lowest BCUT2D eigenvalue weighted by Gasteiger charge is -2.37. The Morgan fingerprint density at radius 2 is 1.59 bits per heavy atom. The molecule has 5 rings (SSSR count). The van der Waals surface area contributed by atoms with Crippen LogP contribution in [-0.4, -0.2) is 40.0 Å². The summed E-state index contributed by atoms with van der Waals surface area (Å²) >= 11 is 0. The maximum absolute atomic E-state index is 13.4. The lowest BCUT2D eigenvalue weighted by Crippen LogP contribution is -2.43. The number of hydrogen-bond donors (Lipinski definition) is 2. The van der Waals surface area contributed by atoms with E-state index in [4.69, 9.17) is 10.3 Å². The van der Waals surface area contributed by atoms with Crippen molar-refractivity contribution in [1.29, 1.82) is 0 Å². The predicted molar refractivity (Wildman–Crippen MR) is 116 cm³/mol. The van der Waals surface area contributed by atoms with Gasteiger partial charge in [-0.3, -0.25) is 9.59 Å². The first kappa shape index (κ1) is 20.2. The molecule has 0 bridgehead atoms. The Labute approximate surface area is 182 Å². The number of carbonyl (C=O) groups is 2. The zero-order valence-electron chi connectivity index (χ0n) is 17.1. The molecule has 3 aromatic carbocycles. The minimum Gasteiger partial charge on any atom is -0.507 e. The monoisotopic (exact) mass is 429 g/mol. The van der Waals surface area contributed by atoms with Crippen LogP contribution in [0.2, 0.25) is 0 Å². The van der Waals surface area contributed by atoms with E-state index < -0.39 is 30.1 Å². The first-order chi connectivity index (χ1) is 15.4. The fraction of sp³-hybridized carbons (Fsp3) is 0.250. The summed E-state index contributed by atoms with van der Waals surface area (Å²) in [6.07, 6.45) is -2.30. The lowest BCUT2D eigenvalue weighted by atomic mass is 9.78. The van der Waals surface area contributed by atoms with E-state index in [9.17, 15) is 19.8 Å². The van der Waals surface area contributed by atoms with Crippen molar-refractivity contribution in [1.82, 2.24) is 0 Å². The van der Waals surface area contributed by atoms with Crippen LogP contribution in [0.4, 0.5) is 0 Å². The molecule has 2 aliphatic rings. The average molecular weight is 429 g/mol. The molecule has 8 nitrogen and oxygen atoms in total. The van der Waals surface area contributed by atoms with E-state index in [-0.39, 0.29) is 34.6 Å². The normalized spacial score (nSPS) is 24.6. The van der Waals surface area contributed by atoms with Gasteiger partial charge < -0.3 is 14.9 Å². The van der Waals surface area contributed by atoms with Crippen molar-refractivity contribution >= 4 is 22.3 Å². The second kappa shape index (κ2) is 7.46. The minimum absolute atomic E-state index is 0.0508. The number of ketones is 2. The molecule has 32 heavy (non-hydrogen) atoms. The zero-order valence-corrected chi connectivity index (χ0v) is 17.1. The van der Waals surface area contributed by atoms with Gasteiger partial charge in [-0.05, 0) is 29.6 Å². The van der Waals surface area contributed by atoms with Crippen LogP contribution < -0.4 is 0 Å². The van der Waals surface area contributed by atoms with Crippen molar-refractivity contribution < 1.29 is 24.5 Å². The lowest BCUT2D eigenvalue weighted by molar-refractivity contribution is -0.119. The first-order valence-corrected chi connectivity index (χ1v) is 10.3. The molecule has 0 unspecified atom stereocenters. The van der Waals surface area contributed by atoms with E-state index >= 15 is 0 Å². The van der Waals surface area contributed by atoms with Crippen molar-refractivity contribution in [3.8, 4) is 5.75 Å². The van der Waals surface area contributed by atoms with Gasteiger partial charge in [-0.25, -0.2) is 0 Å². The quantitative estimate of drug-likeness (QED) is 0.280. The third-order valence-corrected chi connectivity index (χ3v) is 6.33. The number of phenolic OH excluding ortho intramolecular Hbond substituents is 1. The third kappa shape index (κ3) is 2.81. The van der Waals surface area contributed by atoms with Crippen LogP contribution in [0.15, 0.2) is 53.6 Å². The largest absolute Gasteiger partial charge is 0.507 e. The van der Waals surface area contributed by atoms with Crippen molar-refractivity contribution in [2.45, 2.75) is 37.7 Å². The Bertz CT molecular complexity index is 1340. The van der Waals surface area contributed by atoms with Crippen LogP contribution in [0.5, 0.6) is 5.75 Å². The number of fused-ring (bicyclic) bond motifs is 4. The number of rotatable bonds is 2. The zero-order chi connectivity index (χ0) is 22.6. The molecule has 1 aliphatic heterocycles. The van der Waals surface area contributed by atoms with Crippen LogP contribution in [0, 0.1) is 0 Å². The molecule has 0 spiro atoms. The smallest absolute Gasteiger partial charge is 0.198 e. The second-order valence-electron chi connectivity index (χ2n) is 8.09. The summed E-state index contributed by atoms with van der Waals surface area (Å²) in [5.74, 6) is -1.08. The Morgan fingerprint density at radius 1 is 1.00 bits per heavy atom. The highest BCUT2D eigenvalue weighted by Crippen LogP contribution is 2.46. The molecule has 3 aromatic rings. The molecule has 4 atom stereocenters. The number of hydrogen-bond acceptors (Lipinski definition) is 6. The summed E-state index contributed by atoms with van der Waals surface area (Å²) in [6, 6.07) is 12.8. The molecule has 160 valence electrons. The standard InChI is InChI=1S/C24H19N3O5/c1-11-21(28)16(26-27-25)10-17(32-11)18-12-6-2-3-7-13(12)19-20(24(18)31)23(30)15-9-5-4-8-14(15)22(19)29/h2-9,11,16-17,21,28,31H,10H2,1H3/t11-,16-,17-,21-/m1/s1. The van der Waals surface area contributed by atoms with E-state index in [0.717, 1.165) is 0 Å². The van der Waals surface area contributed by atoms with Gasteiger partial charge in [0.1, 0.15) is 5.75 Å². The van der Waals surface area contributed by atoms with Crippen LogP contribution in [0.3, 0.4) is 0 Å². The Morgan fingerprint density at radius 3 is 2.25 bits per heavy atom. The van der Waals surface area contributed by atoms with E-state index in [1.807, 2.05) is 0 Å². The molecule has 2 N–H and O–H groups in total. The van der Waals surface area contributed by atoms with Gasteiger partial charge in [-0.15, -0.1) is 0 Å². The summed E-state index contributed by atoms with van der Waals surface area (Å²) in [6.45, 7) is 1.65. The van der Waals surface area contributed by atoms with Crippen LogP contribution >= 0.6 is 0 Å². The molecule has 1 fully saturated rings. The fourth-order valence-electron chi connectivity index (χ4n) is 4.82. The molecular weight excluding hydrogens is 410 g/mol. The van der Waals surface area contributed by atoms with Gasteiger partial charge in [-0.2, -0.15) is 0 Å². The summed E-state index contributed by atoms with van der Waals surface area (Å²) in [7, 11) is 0.